The van der Waals surface area contributed by atoms with Crippen molar-refractivity contribution in [3.8, 4) is 0 Å². The number of ether oxygens (including phenoxy) is 1. The Morgan fingerprint density at radius 1 is 1.39 bits per heavy atom. The molecule has 1 aromatic rings. The SMILES string of the molecule is C=C(C)CNC(=O)c1ncc2c(n1)CN(C(=O)OC(C)(C)C)C2. The first kappa shape index (κ1) is 16.9. The van der Waals surface area contributed by atoms with Gasteiger partial charge in [0.15, 0.2) is 0 Å². The predicted molar refractivity (Wildman–Crippen MR) is 84.7 cm³/mol. The molecule has 1 aliphatic rings. The Bertz CT molecular complexity index is 649. The van der Waals surface area contributed by atoms with Crippen molar-refractivity contribution in [2.75, 3.05) is 6.54 Å². The minimum atomic E-state index is -0.550. The second-order valence-corrected chi connectivity index (χ2v) is 6.64. The average Bonchev–Trinajstić information content (AvgIpc) is 2.85. The Morgan fingerprint density at radius 2 is 2.09 bits per heavy atom. The molecule has 0 radical (unpaired) electrons. The summed E-state index contributed by atoms with van der Waals surface area (Å²) in [5.74, 6) is -0.262. The van der Waals surface area contributed by atoms with Gasteiger partial charge in [0.1, 0.15) is 5.60 Å². The highest BCUT2D eigenvalue weighted by molar-refractivity contribution is 5.90. The normalized spacial score (nSPS) is 13.5. The number of nitrogens with zero attached hydrogens (tertiary/aromatic N) is 3. The van der Waals surface area contributed by atoms with Gasteiger partial charge in [0, 0.05) is 18.3 Å². The summed E-state index contributed by atoms with van der Waals surface area (Å²) in [6.45, 7) is 12.1. The van der Waals surface area contributed by atoms with Crippen molar-refractivity contribution in [2.45, 2.75) is 46.4 Å². The van der Waals surface area contributed by atoms with Crippen LogP contribution in [0.4, 0.5) is 4.79 Å². The van der Waals surface area contributed by atoms with Crippen LogP contribution in [0.25, 0.3) is 0 Å². The Hall–Kier alpha value is -2.44. The van der Waals surface area contributed by atoms with E-state index in [4.69, 9.17) is 4.74 Å². The van der Waals surface area contributed by atoms with Crippen molar-refractivity contribution in [1.82, 2.24) is 20.2 Å². The first-order valence-corrected chi connectivity index (χ1v) is 7.41. The van der Waals surface area contributed by atoms with Crippen LogP contribution in [0.15, 0.2) is 18.3 Å². The zero-order valence-corrected chi connectivity index (χ0v) is 14.0. The fraction of sp³-hybridized carbons (Fsp3) is 0.500. The Labute approximate surface area is 135 Å². The molecule has 1 N–H and O–H groups in total. The van der Waals surface area contributed by atoms with E-state index in [1.807, 2.05) is 27.7 Å². The third-order valence-corrected chi connectivity index (χ3v) is 3.06. The summed E-state index contributed by atoms with van der Waals surface area (Å²) in [5, 5.41) is 2.69. The van der Waals surface area contributed by atoms with Gasteiger partial charge in [0.05, 0.1) is 18.8 Å². The quantitative estimate of drug-likeness (QED) is 0.862. The molecule has 2 rings (SSSR count). The molecule has 1 aliphatic heterocycles. The molecule has 0 aliphatic carbocycles. The first-order valence-electron chi connectivity index (χ1n) is 7.41. The first-order chi connectivity index (χ1) is 10.7. The van der Waals surface area contributed by atoms with Gasteiger partial charge in [0.25, 0.3) is 5.91 Å². The van der Waals surface area contributed by atoms with Crippen LogP contribution < -0.4 is 5.32 Å². The van der Waals surface area contributed by atoms with Crippen molar-refractivity contribution < 1.29 is 14.3 Å². The van der Waals surface area contributed by atoms with Gasteiger partial charge in [0.2, 0.25) is 5.82 Å². The molecule has 0 spiro atoms. The van der Waals surface area contributed by atoms with Crippen LogP contribution in [0.2, 0.25) is 0 Å². The van der Waals surface area contributed by atoms with Crippen LogP contribution in [0.1, 0.15) is 49.6 Å². The molecule has 1 aromatic heterocycles. The Morgan fingerprint density at radius 3 is 2.70 bits per heavy atom. The van der Waals surface area contributed by atoms with Gasteiger partial charge in [-0.2, -0.15) is 0 Å². The summed E-state index contributed by atoms with van der Waals surface area (Å²) in [4.78, 5) is 33.9. The zero-order valence-electron chi connectivity index (χ0n) is 14.0. The molecule has 0 aromatic carbocycles. The lowest BCUT2D eigenvalue weighted by atomic mass is 10.2. The van der Waals surface area contributed by atoms with Gasteiger partial charge in [-0.25, -0.2) is 14.8 Å². The lowest BCUT2D eigenvalue weighted by Crippen LogP contribution is -2.33. The maximum Gasteiger partial charge on any atom is 0.410 e. The summed E-state index contributed by atoms with van der Waals surface area (Å²) in [6.07, 6.45) is 1.19. The number of rotatable bonds is 3. The summed E-state index contributed by atoms with van der Waals surface area (Å²) in [7, 11) is 0. The molecule has 0 saturated heterocycles. The van der Waals surface area contributed by atoms with Crippen molar-refractivity contribution >= 4 is 12.0 Å². The van der Waals surface area contributed by atoms with Crippen LogP contribution in [0.3, 0.4) is 0 Å². The minimum Gasteiger partial charge on any atom is -0.444 e. The summed E-state index contributed by atoms with van der Waals surface area (Å²) < 4.78 is 5.35. The van der Waals surface area contributed by atoms with Gasteiger partial charge in [-0.3, -0.25) is 9.69 Å². The fourth-order valence-electron chi connectivity index (χ4n) is 2.03. The molecule has 0 unspecified atom stereocenters. The second-order valence-electron chi connectivity index (χ2n) is 6.64. The molecular formula is C16H22N4O3. The molecule has 2 heterocycles. The van der Waals surface area contributed by atoms with E-state index in [-0.39, 0.29) is 11.7 Å². The van der Waals surface area contributed by atoms with Gasteiger partial charge in [-0.1, -0.05) is 12.2 Å². The number of aromatic nitrogens is 2. The van der Waals surface area contributed by atoms with E-state index in [0.29, 0.717) is 25.3 Å². The number of hydrogen-bond donors (Lipinski definition) is 1. The number of nitrogens with one attached hydrogen (secondary N) is 1. The maximum absolute atomic E-state index is 12.1. The molecular weight excluding hydrogens is 296 g/mol. The van der Waals surface area contributed by atoms with Crippen molar-refractivity contribution in [1.29, 1.82) is 0 Å². The van der Waals surface area contributed by atoms with Crippen LogP contribution in [-0.4, -0.2) is 39.0 Å². The molecule has 2 amide bonds. The number of carbonyl (C=O) groups excluding carboxylic acids is 2. The van der Waals surface area contributed by atoms with E-state index in [2.05, 4.69) is 21.9 Å². The highest BCUT2D eigenvalue weighted by Gasteiger charge is 2.29. The summed E-state index contributed by atoms with van der Waals surface area (Å²) in [6, 6.07) is 0. The Balaban J connectivity index is 2.05. The van der Waals surface area contributed by atoms with E-state index in [1.54, 1.807) is 11.1 Å². The second kappa shape index (κ2) is 6.36. The van der Waals surface area contributed by atoms with Crippen LogP contribution in [0.5, 0.6) is 0 Å². The molecule has 0 atom stereocenters. The maximum atomic E-state index is 12.1. The van der Waals surface area contributed by atoms with E-state index in [1.165, 1.54) is 0 Å². The number of fused-ring (bicyclic) bond motifs is 1. The monoisotopic (exact) mass is 318 g/mol. The standard InChI is InChI=1S/C16H22N4O3/c1-10(2)6-18-14(21)13-17-7-11-8-20(9-12(11)19-13)15(22)23-16(3,4)5/h7H,1,6,8-9H2,2-5H3,(H,18,21). The largest absolute Gasteiger partial charge is 0.444 e. The van der Waals surface area contributed by atoms with Crippen LogP contribution >= 0.6 is 0 Å². The van der Waals surface area contributed by atoms with Gasteiger partial charge >= 0.3 is 6.09 Å². The highest BCUT2D eigenvalue weighted by Crippen LogP contribution is 2.22. The smallest absolute Gasteiger partial charge is 0.410 e. The number of hydrogen-bond acceptors (Lipinski definition) is 5. The van der Waals surface area contributed by atoms with E-state index in [0.717, 1.165) is 11.1 Å². The highest BCUT2D eigenvalue weighted by atomic mass is 16.6. The molecule has 0 bridgehead atoms. The fourth-order valence-corrected chi connectivity index (χ4v) is 2.03. The third kappa shape index (κ3) is 4.51. The van der Waals surface area contributed by atoms with Gasteiger partial charge in [-0.05, 0) is 27.7 Å². The molecule has 124 valence electrons. The van der Waals surface area contributed by atoms with Gasteiger partial charge < -0.3 is 10.1 Å². The van der Waals surface area contributed by atoms with Gasteiger partial charge in [-0.15, -0.1) is 0 Å². The zero-order chi connectivity index (χ0) is 17.2. The van der Waals surface area contributed by atoms with Crippen molar-refractivity contribution in [3.63, 3.8) is 0 Å². The minimum absolute atomic E-state index is 0.0936. The molecule has 7 nitrogen and oxygen atoms in total. The van der Waals surface area contributed by atoms with Crippen molar-refractivity contribution in [3.05, 3.63) is 35.4 Å². The number of amides is 2. The van der Waals surface area contributed by atoms with Crippen molar-refractivity contribution in [2.24, 2.45) is 0 Å². The van der Waals surface area contributed by atoms with Crippen LogP contribution in [0, 0.1) is 0 Å². The predicted octanol–water partition coefficient (Wildman–Crippen LogP) is 2.03. The lowest BCUT2D eigenvalue weighted by Gasteiger charge is -2.23. The molecule has 7 heteroatoms. The molecule has 23 heavy (non-hydrogen) atoms. The van der Waals surface area contributed by atoms with E-state index >= 15 is 0 Å². The molecule has 0 saturated carbocycles. The third-order valence-electron chi connectivity index (χ3n) is 3.06. The van der Waals surface area contributed by atoms with E-state index in [9.17, 15) is 9.59 Å². The van der Waals surface area contributed by atoms with E-state index < -0.39 is 11.7 Å². The number of carbonyl (C=O) groups is 2. The summed E-state index contributed by atoms with van der Waals surface area (Å²) in [5.41, 5.74) is 1.79. The summed E-state index contributed by atoms with van der Waals surface area (Å²) >= 11 is 0. The Kier molecular flexibility index (Phi) is 4.68. The topological polar surface area (TPSA) is 84.4 Å². The molecule has 0 fully saturated rings. The van der Waals surface area contributed by atoms with Crippen LogP contribution in [-0.2, 0) is 17.8 Å². The lowest BCUT2D eigenvalue weighted by molar-refractivity contribution is 0.0240. The average molecular weight is 318 g/mol.